The van der Waals surface area contributed by atoms with Gasteiger partial charge in [-0.3, -0.25) is 4.79 Å². The SMILES string of the molecule is [2H]C([2H])([2H])C([2H])(C)C([2H])([2H])N(C[C@@H](O)[C@@H](CC(=O)O[C@]1([2H])[C@@H]2CCO[C@@H]2OC1([2H])[2H])Cc1ccccc1)S(=O)(=O)c1ccc2nc(NC)sc2c1. The first-order chi connectivity index (χ1) is 23.5. The van der Waals surface area contributed by atoms with Crippen molar-refractivity contribution in [1.29, 1.82) is 0 Å². The third kappa shape index (κ3) is 7.12. The number of carbonyl (C=O) groups excluding carboxylic acids is 1. The van der Waals surface area contributed by atoms with Crippen molar-refractivity contribution < 1.29 is 44.9 Å². The first-order valence-corrected chi connectivity index (χ1v) is 15.7. The number of nitrogens with one attached hydrogen (secondary N) is 1. The van der Waals surface area contributed by atoms with Gasteiger partial charge in [-0.2, -0.15) is 4.31 Å². The van der Waals surface area contributed by atoms with Crippen molar-refractivity contribution in [3.63, 3.8) is 0 Å². The van der Waals surface area contributed by atoms with E-state index < -0.39 is 90.0 Å². The Morgan fingerprint density at radius 1 is 1.38 bits per heavy atom. The molecule has 0 bridgehead atoms. The molecule has 12 heteroatoms. The summed E-state index contributed by atoms with van der Waals surface area (Å²) in [6, 6.07) is 12.2. The maximum absolute atomic E-state index is 14.4. The van der Waals surface area contributed by atoms with Gasteiger partial charge in [0.05, 0.1) is 50.8 Å². The number of rotatable bonds is 13. The van der Waals surface area contributed by atoms with Crippen LogP contribution in [0.5, 0.6) is 0 Å². The number of aliphatic hydroxyl groups is 1. The first kappa shape index (κ1) is 21.2. The molecule has 0 spiro atoms. The highest BCUT2D eigenvalue weighted by atomic mass is 32.2. The number of sulfonamides is 1. The molecule has 0 saturated carbocycles. The van der Waals surface area contributed by atoms with Crippen LogP contribution in [0.4, 0.5) is 5.13 Å². The highest BCUT2D eigenvalue weighted by Crippen LogP contribution is 2.34. The lowest BCUT2D eigenvalue weighted by Gasteiger charge is -2.30. The summed E-state index contributed by atoms with van der Waals surface area (Å²) in [4.78, 5) is 17.4. The number of esters is 1. The molecule has 2 saturated heterocycles. The molecule has 1 aromatic heterocycles. The molecule has 2 aliphatic rings. The summed E-state index contributed by atoms with van der Waals surface area (Å²) in [5.41, 5.74) is 1.02. The molecular formula is C30H39N3O7S2. The smallest absolute Gasteiger partial charge is 0.306 e. The number of fused-ring (bicyclic) bond motifs is 2. The molecule has 0 amide bonds. The van der Waals surface area contributed by atoms with Crippen molar-refractivity contribution in [2.75, 3.05) is 38.6 Å². The molecule has 2 aliphatic heterocycles. The number of benzene rings is 2. The third-order valence-corrected chi connectivity index (χ3v) is 9.70. The van der Waals surface area contributed by atoms with Gasteiger partial charge >= 0.3 is 5.97 Å². The summed E-state index contributed by atoms with van der Waals surface area (Å²) in [6.07, 6.45) is -6.08. The van der Waals surface area contributed by atoms with Gasteiger partial charge in [-0.05, 0) is 42.5 Å². The van der Waals surface area contributed by atoms with Gasteiger partial charge in [-0.25, -0.2) is 13.4 Å². The van der Waals surface area contributed by atoms with E-state index in [-0.39, 0.29) is 23.8 Å². The van der Waals surface area contributed by atoms with E-state index in [9.17, 15) is 18.3 Å². The van der Waals surface area contributed by atoms with Crippen molar-refractivity contribution in [3.05, 3.63) is 54.1 Å². The number of ether oxygens (including phenoxy) is 3. The normalized spacial score (nSPS) is 30.1. The number of hydrogen-bond donors (Lipinski definition) is 2. The van der Waals surface area contributed by atoms with Crippen LogP contribution < -0.4 is 5.32 Å². The fourth-order valence-electron chi connectivity index (χ4n) is 4.87. The van der Waals surface area contributed by atoms with E-state index in [1.165, 1.54) is 12.1 Å². The second-order valence-corrected chi connectivity index (χ2v) is 13.0. The lowest BCUT2D eigenvalue weighted by atomic mass is 9.90. The zero-order valence-corrected chi connectivity index (χ0v) is 24.7. The van der Waals surface area contributed by atoms with E-state index >= 15 is 0 Å². The highest BCUT2D eigenvalue weighted by molar-refractivity contribution is 7.89. The molecule has 6 atom stereocenters. The van der Waals surface area contributed by atoms with Crippen LogP contribution in [-0.4, -0.2) is 80.5 Å². The van der Waals surface area contributed by atoms with E-state index in [4.69, 9.17) is 26.5 Å². The van der Waals surface area contributed by atoms with Crippen molar-refractivity contribution in [3.8, 4) is 0 Å². The van der Waals surface area contributed by atoms with E-state index in [2.05, 4.69) is 10.3 Å². The summed E-state index contributed by atoms with van der Waals surface area (Å²) >= 11 is 1.12. The third-order valence-electron chi connectivity index (χ3n) is 7.00. The molecule has 2 fully saturated rings. The fourth-order valence-corrected chi connectivity index (χ4v) is 7.17. The largest absolute Gasteiger partial charge is 0.459 e. The number of anilines is 1. The summed E-state index contributed by atoms with van der Waals surface area (Å²) in [6.45, 7) is -9.74. The molecule has 10 nitrogen and oxygen atoms in total. The topological polar surface area (TPSA) is 127 Å². The van der Waals surface area contributed by atoms with Gasteiger partial charge in [0.25, 0.3) is 0 Å². The second-order valence-electron chi connectivity index (χ2n) is 10.1. The Hall–Kier alpha value is -2.61. The average molecular weight is 627 g/mol. The Bertz CT molecular complexity index is 1850. The van der Waals surface area contributed by atoms with Gasteiger partial charge in [-0.15, -0.1) is 0 Å². The average Bonchev–Trinajstić information content (AvgIpc) is 3.72. The molecule has 0 aliphatic carbocycles. The first-order valence-electron chi connectivity index (χ1n) is 17.9. The van der Waals surface area contributed by atoms with E-state index in [1.807, 2.05) is 0 Å². The Kier molecular flexibility index (Phi) is 6.73. The zero-order chi connectivity index (χ0) is 37.8. The number of nitrogens with zero attached hydrogens (tertiary/aromatic N) is 2. The minimum absolute atomic E-state index is 0.0887. The van der Waals surface area contributed by atoms with Gasteiger partial charge < -0.3 is 24.6 Å². The van der Waals surface area contributed by atoms with Gasteiger partial charge in [0.15, 0.2) is 11.4 Å². The van der Waals surface area contributed by atoms with Crippen LogP contribution in [0.15, 0.2) is 53.4 Å². The zero-order valence-electron chi connectivity index (χ0n) is 32.1. The van der Waals surface area contributed by atoms with Crippen molar-refractivity contribution in [2.45, 2.75) is 56.4 Å². The van der Waals surface area contributed by atoms with Gasteiger partial charge in [0.1, 0.15) is 6.08 Å². The Balaban J connectivity index is 1.52. The van der Waals surface area contributed by atoms with Gasteiger partial charge in [0.2, 0.25) is 10.0 Å². The van der Waals surface area contributed by atoms with Gasteiger partial charge in [0, 0.05) is 34.2 Å². The minimum atomic E-state index is -5.01. The number of hydrogen-bond acceptors (Lipinski definition) is 10. The van der Waals surface area contributed by atoms with Crippen LogP contribution in [0, 0.1) is 17.7 Å². The van der Waals surface area contributed by atoms with E-state index in [0.29, 0.717) is 20.9 Å². The molecule has 1 unspecified atom stereocenters. The van der Waals surface area contributed by atoms with Crippen LogP contribution in [0.3, 0.4) is 0 Å². The number of aromatic nitrogens is 1. The molecule has 3 aromatic rings. The second kappa shape index (κ2) is 13.4. The summed E-state index contributed by atoms with van der Waals surface area (Å²) < 4.78 is 121. The van der Waals surface area contributed by atoms with E-state index in [0.717, 1.165) is 24.3 Å². The summed E-state index contributed by atoms with van der Waals surface area (Å²) in [5, 5.41) is 15.1. The standard InChI is InChI=1S/C30H39N3O7S2/c1-19(2)16-33(42(36,37)22-9-10-24-27(15-22)41-30(31-3)32-24)17-25(34)21(13-20-7-5-4-6-8-20)14-28(35)40-26-18-39-29-23(26)11-12-38-29/h4-10,15,19,21,23,25-26,29,34H,11-14,16-18H2,1-3H3,(H,31,32)/t21-,23+,25-,26+,29-/m1/s1/i1D3,16D2,18D2,19D,26D/t19?,21-,23+,25-,26+,29-. The molecule has 5 rings (SSSR count). The molecule has 2 aromatic carbocycles. The highest BCUT2D eigenvalue weighted by Gasteiger charge is 2.44. The number of thiazole rings is 1. The molecule has 42 heavy (non-hydrogen) atoms. The van der Waals surface area contributed by atoms with Crippen molar-refractivity contribution >= 4 is 42.7 Å². The van der Waals surface area contributed by atoms with Crippen LogP contribution >= 0.6 is 11.3 Å². The van der Waals surface area contributed by atoms with Crippen LogP contribution in [-0.2, 0) is 35.4 Å². The fraction of sp³-hybridized carbons (Fsp3) is 0.533. The predicted molar refractivity (Wildman–Crippen MR) is 161 cm³/mol. The van der Waals surface area contributed by atoms with Gasteiger partial charge in [-0.1, -0.05) is 55.4 Å². The van der Waals surface area contributed by atoms with Crippen LogP contribution in [0.2, 0.25) is 0 Å². The quantitative estimate of drug-likeness (QED) is 0.272. The van der Waals surface area contributed by atoms with Crippen LogP contribution in [0.25, 0.3) is 10.2 Å². The van der Waals surface area contributed by atoms with E-state index in [1.54, 1.807) is 37.4 Å². The monoisotopic (exact) mass is 626 g/mol. The Labute approximate surface area is 263 Å². The number of carbonyl (C=O) groups is 1. The summed E-state index contributed by atoms with van der Waals surface area (Å²) in [7, 11) is -3.39. The molecular weight excluding hydrogens is 578 g/mol. The lowest BCUT2D eigenvalue weighted by molar-refractivity contribution is -0.153. The number of aliphatic hydroxyl groups excluding tert-OH is 1. The maximum atomic E-state index is 14.4. The molecule has 2 N–H and O–H groups in total. The van der Waals surface area contributed by atoms with Crippen molar-refractivity contribution in [1.82, 2.24) is 9.29 Å². The molecule has 228 valence electrons. The van der Waals surface area contributed by atoms with Crippen molar-refractivity contribution in [2.24, 2.45) is 17.7 Å². The molecule has 3 heterocycles. The minimum Gasteiger partial charge on any atom is -0.459 e. The maximum Gasteiger partial charge on any atom is 0.306 e. The Morgan fingerprint density at radius 3 is 2.95 bits per heavy atom. The predicted octanol–water partition coefficient (Wildman–Crippen LogP) is 3.90. The Morgan fingerprint density at radius 2 is 2.19 bits per heavy atom. The summed E-state index contributed by atoms with van der Waals surface area (Å²) in [5.74, 6) is -6.35. The molecule has 0 radical (unpaired) electrons. The lowest BCUT2D eigenvalue weighted by Crippen LogP contribution is -2.43. The van der Waals surface area contributed by atoms with Crippen LogP contribution in [0.1, 0.15) is 44.5 Å².